The van der Waals surface area contributed by atoms with Crippen molar-refractivity contribution >= 4 is 17.5 Å². The van der Waals surface area contributed by atoms with Crippen LogP contribution in [0.25, 0.3) is 0 Å². The predicted octanol–water partition coefficient (Wildman–Crippen LogP) is 0.365. The van der Waals surface area contributed by atoms with Crippen molar-refractivity contribution in [1.82, 2.24) is 25.0 Å². The molecule has 0 aliphatic carbocycles. The van der Waals surface area contributed by atoms with E-state index in [2.05, 4.69) is 25.6 Å². The van der Waals surface area contributed by atoms with Gasteiger partial charge in [0.2, 0.25) is 5.95 Å². The fraction of sp³-hybridized carbons (Fsp3) is 0.364. The zero-order valence-electron chi connectivity index (χ0n) is 11.2. The van der Waals surface area contributed by atoms with Gasteiger partial charge in [0.15, 0.2) is 0 Å². The van der Waals surface area contributed by atoms with Gasteiger partial charge in [-0.1, -0.05) is 0 Å². The number of nitrogens with two attached hydrogens (primary N) is 1. The van der Waals surface area contributed by atoms with Crippen LogP contribution in [0.15, 0.2) is 0 Å². The van der Waals surface area contributed by atoms with Crippen molar-refractivity contribution in [3.8, 4) is 0 Å². The molecule has 8 heteroatoms. The monoisotopic (exact) mass is 261 g/mol. The topological polar surface area (TPSA) is 112 Å². The Morgan fingerprint density at radius 3 is 2.37 bits per heavy atom. The molecule has 0 aliphatic rings. The van der Waals surface area contributed by atoms with Crippen LogP contribution >= 0.6 is 0 Å². The van der Waals surface area contributed by atoms with Crippen LogP contribution in [0.2, 0.25) is 0 Å². The third-order valence-electron chi connectivity index (χ3n) is 2.80. The predicted molar refractivity (Wildman–Crippen MR) is 69.6 cm³/mol. The highest BCUT2D eigenvalue weighted by atomic mass is 16.2. The second-order valence-corrected chi connectivity index (χ2v) is 4.23. The lowest BCUT2D eigenvalue weighted by Gasteiger charge is -2.05. The van der Waals surface area contributed by atoms with E-state index in [0.29, 0.717) is 22.8 Å². The number of carbonyl (C=O) groups is 1. The maximum Gasteiger partial charge on any atom is 0.278 e. The molecule has 0 saturated heterocycles. The molecule has 0 radical (unpaired) electrons. The van der Waals surface area contributed by atoms with Gasteiger partial charge in [-0.25, -0.2) is 4.98 Å². The molecule has 0 aliphatic heterocycles. The molecule has 0 bridgehead atoms. The second-order valence-electron chi connectivity index (χ2n) is 4.23. The number of hydrogen-bond acceptors (Lipinski definition) is 6. The van der Waals surface area contributed by atoms with Crippen molar-refractivity contribution in [2.45, 2.75) is 20.8 Å². The van der Waals surface area contributed by atoms with E-state index in [9.17, 15) is 4.79 Å². The Morgan fingerprint density at radius 1 is 1.16 bits per heavy atom. The maximum absolute atomic E-state index is 12.1. The van der Waals surface area contributed by atoms with E-state index in [-0.39, 0.29) is 11.6 Å². The molecule has 0 saturated carbocycles. The highest BCUT2D eigenvalue weighted by molar-refractivity contribution is 6.05. The number of hydrogen-bond donors (Lipinski definition) is 2. The SMILES string of the molecule is Cc1nnc(NC(=O)c2c(N)c(C)nn2C)nc1C. The molecule has 19 heavy (non-hydrogen) atoms. The highest BCUT2D eigenvalue weighted by Crippen LogP contribution is 2.16. The van der Waals surface area contributed by atoms with Gasteiger partial charge in [0.25, 0.3) is 5.91 Å². The van der Waals surface area contributed by atoms with Crippen LogP contribution in [0.1, 0.15) is 27.6 Å². The van der Waals surface area contributed by atoms with E-state index in [4.69, 9.17) is 5.73 Å². The normalized spacial score (nSPS) is 10.5. The van der Waals surface area contributed by atoms with Crippen LogP contribution in [0.3, 0.4) is 0 Å². The van der Waals surface area contributed by atoms with Crippen LogP contribution < -0.4 is 11.1 Å². The molecule has 0 atom stereocenters. The fourth-order valence-electron chi connectivity index (χ4n) is 1.61. The van der Waals surface area contributed by atoms with Gasteiger partial charge in [-0.05, 0) is 20.8 Å². The fourth-order valence-corrected chi connectivity index (χ4v) is 1.61. The lowest BCUT2D eigenvalue weighted by Crippen LogP contribution is -2.20. The molecule has 2 rings (SSSR count). The van der Waals surface area contributed by atoms with Crippen molar-refractivity contribution in [1.29, 1.82) is 0 Å². The lowest BCUT2D eigenvalue weighted by molar-refractivity contribution is 0.101. The highest BCUT2D eigenvalue weighted by Gasteiger charge is 2.19. The Bertz CT molecular complexity index is 647. The minimum atomic E-state index is -0.411. The van der Waals surface area contributed by atoms with E-state index in [0.717, 1.165) is 0 Å². The molecule has 0 unspecified atom stereocenters. The van der Waals surface area contributed by atoms with Crippen LogP contribution in [-0.2, 0) is 7.05 Å². The van der Waals surface area contributed by atoms with Gasteiger partial charge in [0.1, 0.15) is 5.69 Å². The molecule has 0 fully saturated rings. The summed E-state index contributed by atoms with van der Waals surface area (Å²) in [7, 11) is 1.65. The number of carbonyl (C=O) groups excluding carboxylic acids is 1. The Kier molecular flexibility index (Phi) is 3.16. The summed E-state index contributed by atoms with van der Waals surface area (Å²) < 4.78 is 1.43. The van der Waals surface area contributed by atoms with Gasteiger partial charge in [-0.15, -0.1) is 5.10 Å². The number of aryl methyl sites for hydroxylation is 4. The van der Waals surface area contributed by atoms with Crippen molar-refractivity contribution < 1.29 is 4.79 Å². The first-order valence-electron chi connectivity index (χ1n) is 5.68. The second kappa shape index (κ2) is 4.63. The van der Waals surface area contributed by atoms with Gasteiger partial charge in [-0.2, -0.15) is 10.2 Å². The van der Waals surface area contributed by atoms with E-state index in [1.807, 2.05) is 0 Å². The summed E-state index contributed by atoms with van der Waals surface area (Å²) in [6.45, 7) is 5.33. The standard InChI is InChI=1S/C11H15N7O/c1-5-6(2)15-16-11(13-5)14-10(19)9-8(12)7(3)17-18(9)4/h12H2,1-4H3,(H,13,14,16,19). The van der Waals surface area contributed by atoms with Crippen molar-refractivity contribution in [2.24, 2.45) is 7.05 Å². The Balaban J connectivity index is 2.28. The van der Waals surface area contributed by atoms with Gasteiger partial charge in [-0.3, -0.25) is 14.8 Å². The first kappa shape index (κ1) is 12.9. The summed E-state index contributed by atoms with van der Waals surface area (Å²) in [4.78, 5) is 16.2. The Hall–Kier alpha value is -2.51. The molecule has 2 aromatic rings. The first-order valence-corrected chi connectivity index (χ1v) is 5.68. The summed E-state index contributed by atoms with van der Waals surface area (Å²) in [5.41, 5.74) is 8.46. The van der Waals surface area contributed by atoms with E-state index >= 15 is 0 Å². The summed E-state index contributed by atoms with van der Waals surface area (Å²) in [5.74, 6) is -0.267. The van der Waals surface area contributed by atoms with Crippen molar-refractivity contribution in [2.75, 3.05) is 11.1 Å². The summed E-state index contributed by atoms with van der Waals surface area (Å²) in [5, 5.41) is 14.3. The number of amides is 1. The smallest absolute Gasteiger partial charge is 0.278 e. The molecule has 1 amide bonds. The molecule has 8 nitrogen and oxygen atoms in total. The molecule has 0 aromatic carbocycles. The van der Waals surface area contributed by atoms with Gasteiger partial charge < -0.3 is 5.73 Å². The van der Waals surface area contributed by atoms with Crippen LogP contribution in [-0.4, -0.2) is 30.9 Å². The molecule has 0 spiro atoms. The lowest BCUT2D eigenvalue weighted by atomic mass is 10.3. The van der Waals surface area contributed by atoms with E-state index in [1.165, 1.54) is 4.68 Å². The third-order valence-corrected chi connectivity index (χ3v) is 2.80. The molecular formula is C11H15N7O. The number of nitrogen functional groups attached to an aromatic ring is 1. The zero-order chi connectivity index (χ0) is 14.2. The molecule has 2 aromatic heterocycles. The molecule has 3 N–H and O–H groups in total. The molecule has 100 valence electrons. The molecular weight excluding hydrogens is 246 g/mol. The Morgan fingerprint density at radius 2 is 1.84 bits per heavy atom. The van der Waals surface area contributed by atoms with E-state index in [1.54, 1.807) is 27.8 Å². The van der Waals surface area contributed by atoms with Gasteiger partial charge in [0.05, 0.1) is 22.8 Å². The number of aromatic nitrogens is 5. The van der Waals surface area contributed by atoms with Gasteiger partial charge >= 0.3 is 0 Å². The van der Waals surface area contributed by atoms with Crippen molar-refractivity contribution in [3.63, 3.8) is 0 Å². The minimum absolute atomic E-state index is 0.145. The van der Waals surface area contributed by atoms with Gasteiger partial charge in [0, 0.05) is 7.05 Å². The number of anilines is 2. The first-order chi connectivity index (χ1) is 8.90. The van der Waals surface area contributed by atoms with Crippen LogP contribution in [0.4, 0.5) is 11.6 Å². The number of rotatable bonds is 2. The zero-order valence-corrected chi connectivity index (χ0v) is 11.2. The largest absolute Gasteiger partial charge is 0.395 e. The number of nitrogens with one attached hydrogen (secondary N) is 1. The number of nitrogens with zero attached hydrogens (tertiary/aromatic N) is 5. The third kappa shape index (κ3) is 2.37. The van der Waals surface area contributed by atoms with E-state index < -0.39 is 5.91 Å². The van der Waals surface area contributed by atoms with Crippen LogP contribution in [0.5, 0.6) is 0 Å². The average molecular weight is 261 g/mol. The average Bonchev–Trinajstić information content (AvgIpc) is 2.58. The summed E-state index contributed by atoms with van der Waals surface area (Å²) in [6, 6.07) is 0. The quantitative estimate of drug-likeness (QED) is 0.807. The molecule has 2 heterocycles. The Labute approximate surface area is 110 Å². The van der Waals surface area contributed by atoms with Crippen LogP contribution in [0, 0.1) is 20.8 Å². The van der Waals surface area contributed by atoms with Crippen molar-refractivity contribution in [3.05, 3.63) is 22.8 Å². The maximum atomic E-state index is 12.1. The summed E-state index contributed by atoms with van der Waals surface area (Å²) in [6.07, 6.45) is 0. The summed E-state index contributed by atoms with van der Waals surface area (Å²) >= 11 is 0. The minimum Gasteiger partial charge on any atom is -0.395 e.